The average molecular weight is 449 g/mol. The monoisotopic (exact) mass is 448 g/mol. The van der Waals surface area contributed by atoms with Crippen molar-refractivity contribution in [1.29, 1.82) is 0 Å². The van der Waals surface area contributed by atoms with Gasteiger partial charge in [-0.1, -0.05) is 66.7 Å². The minimum absolute atomic E-state index is 0.0117. The van der Waals surface area contributed by atoms with Crippen LogP contribution >= 0.6 is 0 Å². The number of esters is 1. The van der Waals surface area contributed by atoms with E-state index in [0.29, 0.717) is 11.3 Å². The van der Waals surface area contributed by atoms with Crippen LogP contribution in [0.4, 0.5) is 5.69 Å². The Balaban J connectivity index is 1.93. The number of hydrogen-bond donors (Lipinski definition) is 0. The van der Waals surface area contributed by atoms with Crippen LogP contribution in [0.3, 0.4) is 0 Å². The van der Waals surface area contributed by atoms with Crippen molar-refractivity contribution in [2.45, 2.75) is 16.2 Å². The molecule has 1 aliphatic rings. The van der Waals surface area contributed by atoms with Crippen molar-refractivity contribution in [3.8, 4) is 0 Å². The number of hydrogen-bond acceptors (Lipinski definition) is 7. The average Bonchev–Trinajstić information content (AvgIpc) is 3.26. The van der Waals surface area contributed by atoms with Gasteiger partial charge < -0.3 is 4.74 Å². The minimum Gasteiger partial charge on any atom is -0.464 e. The van der Waals surface area contributed by atoms with E-state index < -0.39 is 32.9 Å². The number of rotatable bonds is 6. The number of anilines is 1. The molecule has 1 aliphatic heterocycles. The number of sulfone groups is 1. The Kier molecular flexibility index (Phi) is 5.87. The van der Waals surface area contributed by atoms with Gasteiger partial charge in [-0.2, -0.15) is 5.10 Å². The van der Waals surface area contributed by atoms with Crippen LogP contribution < -0.4 is 5.01 Å². The molecule has 0 fully saturated rings. The van der Waals surface area contributed by atoms with Crippen LogP contribution in [0.2, 0.25) is 0 Å². The fraction of sp³-hybridized carbons (Fsp3) is 0.125. The molecule has 4 rings (SSSR count). The van der Waals surface area contributed by atoms with Gasteiger partial charge in [-0.3, -0.25) is 9.80 Å². The smallest absolute Gasteiger partial charge is 0.355 e. The first kappa shape index (κ1) is 21.5. The van der Waals surface area contributed by atoms with Gasteiger partial charge in [0.15, 0.2) is 21.3 Å². The highest BCUT2D eigenvalue weighted by atomic mass is 32.2. The number of Topliss-reactive ketones (excluding diaryl/α,β-unsaturated/α-hetero) is 1. The Bertz CT molecular complexity index is 1260. The predicted octanol–water partition coefficient (Wildman–Crippen LogP) is 3.13. The molecule has 7 nitrogen and oxygen atoms in total. The third kappa shape index (κ3) is 3.80. The van der Waals surface area contributed by atoms with Gasteiger partial charge in [0.05, 0.1) is 17.7 Å². The third-order valence-electron chi connectivity index (χ3n) is 5.18. The lowest BCUT2D eigenvalue weighted by atomic mass is 9.99. The van der Waals surface area contributed by atoms with Gasteiger partial charge in [-0.15, -0.1) is 0 Å². The maximum absolute atomic E-state index is 13.7. The molecule has 0 radical (unpaired) electrons. The van der Waals surface area contributed by atoms with Gasteiger partial charge in [0.1, 0.15) is 11.3 Å². The SMILES string of the molecule is COC(=O)C1=NN(c2ccccc2)C(C(=O)c2ccccc2)C1S(=O)(=O)c1ccccc1. The fourth-order valence-electron chi connectivity index (χ4n) is 3.67. The maximum atomic E-state index is 13.7. The molecule has 2 unspecified atom stereocenters. The van der Waals surface area contributed by atoms with E-state index in [0.717, 1.165) is 7.11 Å². The lowest BCUT2D eigenvalue weighted by molar-refractivity contribution is -0.132. The molecule has 0 bridgehead atoms. The number of ether oxygens (including phenoxy) is 1. The highest BCUT2D eigenvalue weighted by Crippen LogP contribution is 2.33. The van der Waals surface area contributed by atoms with Gasteiger partial charge in [-0.25, -0.2) is 13.2 Å². The molecule has 0 aromatic heterocycles. The van der Waals surface area contributed by atoms with E-state index in [2.05, 4.69) is 5.10 Å². The number of carbonyl (C=O) groups excluding carboxylic acids is 2. The first-order valence-electron chi connectivity index (χ1n) is 9.84. The first-order chi connectivity index (χ1) is 15.4. The number of methoxy groups -OCH3 is 1. The Morgan fingerprint density at radius 2 is 1.38 bits per heavy atom. The summed E-state index contributed by atoms with van der Waals surface area (Å²) in [6.45, 7) is 0. The summed E-state index contributed by atoms with van der Waals surface area (Å²) in [5, 5.41) is 4.05. The van der Waals surface area contributed by atoms with Crippen molar-refractivity contribution in [2.24, 2.45) is 5.10 Å². The van der Waals surface area contributed by atoms with Gasteiger partial charge in [0.2, 0.25) is 0 Å². The van der Waals surface area contributed by atoms with E-state index in [4.69, 9.17) is 4.74 Å². The molecule has 1 heterocycles. The van der Waals surface area contributed by atoms with Crippen molar-refractivity contribution >= 4 is 33.0 Å². The summed E-state index contributed by atoms with van der Waals surface area (Å²) in [5.41, 5.74) is 0.455. The van der Waals surface area contributed by atoms with Crippen molar-refractivity contribution in [1.82, 2.24) is 0 Å². The van der Waals surface area contributed by atoms with E-state index in [1.54, 1.807) is 78.9 Å². The van der Waals surface area contributed by atoms with E-state index in [-0.39, 0.29) is 10.6 Å². The molecule has 0 amide bonds. The van der Waals surface area contributed by atoms with Gasteiger partial charge >= 0.3 is 5.97 Å². The highest BCUT2D eigenvalue weighted by molar-refractivity contribution is 7.93. The van der Waals surface area contributed by atoms with Crippen LogP contribution in [-0.4, -0.2) is 44.3 Å². The number of para-hydroxylation sites is 1. The first-order valence-corrected chi connectivity index (χ1v) is 11.4. The van der Waals surface area contributed by atoms with E-state index in [1.165, 1.54) is 17.1 Å². The van der Waals surface area contributed by atoms with Crippen LogP contribution in [0, 0.1) is 0 Å². The van der Waals surface area contributed by atoms with Crippen molar-refractivity contribution in [2.75, 3.05) is 12.1 Å². The number of ketones is 1. The van der Waals surface area contributed by atoms with Crippen LogP contribution in [-0.2, 0) is 19.4 Å². The quantitative estimate of drug-likeness (QED) is 0.425. The Labute approximate surface area is 185 Å². The van der Waals surface area contributed by atoms with Crippen molar-refractivity contribution in [3.05, 3.63) is 96.6 Å². The maximum Gasteiger partial charge on any atom is 0.355 e. The number of benzene rings is 3. The molecule has 3 aromatic carbocycles. The molecule has 162 valence electrons. The molecule has 0 saturated heterocycles. The molecule has 0 aliphatic carbocycles. The lowest BCUT2D eigenvalue weighted by Crippen LogP contribution is -2.49. The molecule has 32 heavy (non-hydrogen) atoms. The lowest BCUT2D eigenvalue weighted by Gasteiger charge is -2.26. The molecular formula is C24H20N2O5S. The van der Waals surface area contributed by atoms with Gasteiger partial charge in [0.25, 0.3) is 0 Å². The number of carbonyl (C=O) groups is 2. The normalized spacial score (nSPS) is 18.2. The van der Waals surface area contributed by atoms with Crippen LogP contribution in [0.5, 0.6) is 0 Å². The summed E-state index contributed by atoms with van der Waals surface area (Å²) in [4.78, 5) is 26.3. The molecule has 0 saturated carbocycles. The van der Waals surface area contributed by atoms with Crippen molar-refractivity contribution < 1.29 is 22.7 Å². The van der Waals surface area contributed by atoms with Gasteiger partial charge in [-0.05, 0) is 24.3 Å². The van der Waals surface area contributed by atoms with Crippen molar-refractivity contribution in [3.63, 3.8) is 0 Å². The third-order valence-corrected chi connectivity index (χ3v) is 7.26. The summed E-state index contributed by atoms with van der Waals surface area (Å²) in [7, 11) is -3.03. The summed E-state index contributed by atoms with van der Waals surface area (Å²) >= 11 is 0. The largest absolute Gasteiger partial charge is 0.464 e. The highest BCUT2D eigenvalue weighted by Gasteiger charge is 2.53. The number of nitrogens with zero attached hydrogens (tertiary/aromatic N) is 2. The summed E-state index contributed by atoms with van der Waals surface area (Å²) in [5.74, 6) is -1.37. The summed E-state index contributed by atoms with van der Waals surface area (Å²) in [6, 6.07) is 23.4. The predicted molar refractivity (Wildman–Crippen MR) is 120 cm³/mol. The van der Waals surface area contributed by atoms with Gasteiger partial charge in [0, 0.05) is 5.56 Å². The zero-order valence-electron chi connectivity index (χ0n) is 17.2. The Morgan fingerprint density at radius 1 is 0.844 bits per heavy atom. The summed E-state index contributed by atoms with van der Waals surface area (Å²) in [6.07, 6.45) is 0. The summed E-state index contributed by atoms with van der Waals surface area (Å²) < 4.78 is 32.3. The van der Waals surface area contributed by atoms with E-state index in [9.17, 15) is 18.0 Å². The minimum atomic E-state index is -4.18. The Hall–Kier alpha value is -3.78. The van der Waals surface area contributed by atoms with Crippen LogP contribution in [0.15, 0.2) is 101 Å². The number of hydrazone groups is 1. The second-order valence-electron chi connectivity index (χ2n) is 7.11. The zero-order valence-corrected chi connectivity index (χ0v) is 18.0. The molecule has 3 aromatic rings. The van der Waals surface area contributed by atoms with E-state index >= 15 is 0 Å². The second-order valence-corrected chi connectivity index (χ2v) is 9.18. The standard InChI is InChI=1S/C24H20N2O5S/c1-31-24(28)20-23(32(29,30)19-15-9-4-10-16-19)21(22(27)17-11-5-2-6-12-17)26(25-20)18-13-7-3-8-14-18/h2-16,21,23H,1H3. The van der Waals surface area contributed by atoms with E-state index in [1.807, 2.05) is 0 Å². The molecule has 2 atom stereocenters. The van der Waals surface area contributed by atoms with Crippen LogP contribution in [0.25, 0.3) is 0 Å². The molecule has 0 N–H and O–H groups in total. The molecular weight excluding hydrogens is 428 g/mol. The second kappa shape index (κ2) is 8.76. The Morgan fingerprint density at radius 3 is 1.94 bits per heavy atom. The van der Waals surface area contributed by atoms with Crippen LogP contribution in [0.1, 0.15) is 10.4 Å². The fourth-order valence-corrected chi connectivity index (χ4v) is 5.51. The molecule has 8 heteroatoms. The molecule has 0 spiro atoms. The zero-order chi connectivity index (χ0) is 22.7. The topological polar surface area (TPSA) is 93.1 Å².